The second-order valence-electron chi connectivity index (χ2n) is 4.82. The Bertz CT molecular complexity index is 387. The highest BCUT2D eigenvalue weighted by molar-refractivity contribution is 9.10. The van der Waals surface area contributed by atoms with E-state index >= 15 is 0 Å². The summed E-state index contributed by atoms with van der Waals surface area (Å²) in [5.74, 6) is 0. The minimum Gasteiger partial charge on any atom is -0.395 e. The van der Waals surface area contributed by atoms with Crippen molar-refractivity contribution in [2.75, 3.05) is 6.61 Å². The molecule has 1 atom stereocenters. The van der Waals surface area contributed by atoms with Crippen LogP contribution >= 0.6 is 15.9 Å². The summed E-state index contributed by atoms with van der Waals surface area (Å²) in [5, 5.41) is 17.2. The Morgan fingerprint density at radius 1 is 1.53 bits per heavy atom. The summed E-state index contributed by atoms with van der Waals surface area (Å²) in [6.45, 7) is 5.12. The van der Waals surface area contributed by atoms with Crippen molar-refractivity contribution in [3.8, 4) is 0 Å². The molecule has 0 aliphatic heterocycles. The van der Waals surface area contributed by atoms with E-state index in [4.69, 9.17) is 0 Å². The molecule has 2 rings (SSSR count). The fourth-order valence-electron chi connectivity index (χ4n) is 1.98. The molecule has 0 bridgehead atoms. The molecule has 0 spiro atoms. The first-order valence-electron chi connectivity index (χ1n) is 6.18. The summed E-state index contributed by atoms with van der Waals surface area (Å²) < 4.78 is 3.10. The summed E-state index contributed by atoms with van der Waals surface area (Å²) >= 11 is 3.53. The summed E-state index contributed by atoms with van der Waals surface area (Å²) in [6.07, 6.45) is 3.42. The topological polar surface area (TPSA) is 50.1 Å². The van der Waals surface area contributed by atoms with Crippen LogP contribution in [-0.2, 0) is 6.54 Å². The van der Waals surface area contributed by atoms with E-state index in [0.29, 0.717) is 6.04 Å². The Kier molecular flexibility index (Phi) is 4.22. The number of nitrogens with one attached hydrogen (secondary N) is 1. The zero-order chi connectivity index (χ0) is 12.4. The van der Waals surface area contributed by atoms with Gasteiger partial charge in [0, 0.05) is 24.3 Å². The third kappa shape index (κ3) is 3.30. The molecule has 4 nitrogen and oxygen atoms in total. The van der Waals surface area contributed by atoms with E-state index in [1.807, 2.05) is 11.6 Å². The molecule has 0 aromatic carbocycles. The lowest BCUT2D eigenvalue weighted by Crippen LogP contribution is -2.35. The number of aryl methyl sites for hydroxylation is 2. The molecule has 1 fully saturated rings. The van der Waals surface area contributed by atoms with Crippen molar-refractivity contribution in [1.29, 1.82) is 0 Å². The molecule has 17 heavy (non-hydrogen) atoms. The minimum absolute atomic E-state index is 0.199. The number of hydrogen-bond donors (Lipinski definition) is 2. The van der Waals surface area contributed by atoms with Crippen LogP contribution < -0.4 is 5.32 Å². The van der Waals surface area contributed by atoms with Crippen LogP contribution in [0.2, 0.25) is 0 Å². The van der Waals surface area contributed by atoms with Crippen LogP contribution in [0.5, 0.6) is 0 Å². The molecule has 96 valence electrons. The fourth-order valence-corrected chi connectivity index (χ4v) is 2.27. The highest BCUT2D eigenvalue weighted by Crippen LogP contribution is 2.21. The van der Waals surface area contributed by atoms with Crippen LogP contribution in [0, 0.1) is 13.8 Å². The number of rotatable bonds is 6. The van der Waals surface area contributed by atoms with Crippen molar-refractivity contribution in [2.24, 2.45) is 0 Å². The van der Waals surface area contributed by atoms with E-state index in [9.17, 15) is 5.11 Å². The molecule has 1 aromatic heterocycles. The highest BCUT2D eigenvalue weighted by Gasteiger charge is 2.24. The van der Waals surface area contributed by atoms with E-state index in [1.54, 1.807) is 0 Å². The van der Waals surface area contributed by atoms with Gasteiger partial charge in [0.1, 0.15) is 0 Å². The number of hydrogen-bond acceptors (Lipinski definition) is 3. The lowest BCUT2D eigenvalue weighted by Gasteiger charge is -2.16. The van der Waals surface area contributed by atoms with Crippen molar-refractivity contribution in [1.82, 2.24) is 15.1 Å². The quantitative estimate of drug-likeness (QED) is 0.842. The average Bonchev–Trinajstić information content (AvgIpc) is 3.10. The minimum atomic E-state index is 0.199. The largest absolute Gasteiger partial charge is 0.395 e. The van der Waals surface area contributed by atoms with Crippen LogP contribution in [0.25, 0.3) is 0 Å². The molecular formula is C12H20BrN3O. The van der Waals surface area contributed by atoms with Gasteiger partial charge in [-0.3, -0.25) is 4.68 Å². The van der Waals surface area contributed by atoms with Crippen LogP contribution in [0.3, 0.4) is 0 Å². The standard InChI is InChI=1S/C12H20BrN3O/c1-8-12(13)9(2)16(15-8)6-5-11(7-17)14-10-3-4-10/h10-11,14,17H,3-7H2,1-2H3. The molecule has 1 unspecified atom stereocenters. The van der Waals surface area contributed by atoms with Gasteiger partial charge in [0.15, 0.2) is 0 Å². The lowest BCUT2D eigenvalue weighted by molar-refractivity contribution is 0.228. The van der Waals surface area contributed by atoms with E-state index in [-0.39, 0.29) is 12.6 Å². The first-order valence-corrected chi connectivity index (χ1v) is 6.97. The van der Waals surface area contributed by atoms with Gasteiger partial charge in [0.05, 0.1) is 16.8 Å². The number of aliphatic hydroxyl groups excluding tert-OH is 1. The van der Waals surface area contributed by atoms with Gasteiger partial charge in [-0.2, -0.15) is 5.10 Å². The summed E-state index contributed by atoms with van der Waals surface area (Å²) in [7, 11) is 0. The van der Waals surface area contributed by atoms with Crippen LogP contribution in [0.15, 0.2) is 4.47 Å². The number of aliphatic hydroxyl groups is 1. The zero-order valence-corrected chi connectivity index (χ0v) is 12.0. The summed E-state index contributed by atoms with van der Waals surface area (Å²) in [5.41, 5.74) is 2.18. The Balaban J connectivity index is 1.88. The van der Waals surface area contributed by atoms with Gasteiger partial charge >= 0.3 is 0 Å². The molecule has 1 aliphatic carbocycles. The summed E-state index contributed by atoms with van der Waals surface area (Å²) in [4.78, 5) is 0. The van der Waals surface area contributed by atoms with Crippen LogP contribution in [0.4, 0.5) is 0 Å². The summed E-state index contributed by atoms with van der Waals surface area (Å²) in [6, 6.07) is 0.838. The predicted octanol–water partition coefficient (Wildman–Crippen LogP) is 1.77. The first kappa shape index (κ1) is 13.1. The van der Waals surface area contributed by atoms with Crippen LogP contribution in [-0.4, -0.2) is 33.6 Å². The number of aromatic nitrogens is 2. The van der Waals surface area contributed by atoms with Crippen LogP contribution in [0.1, 0.15) is 30.7 Å². The normalized spacial score (nSPS) is 17.4. The molecule has 1 aliphatic rings. The maximum absolute atomic E-state index is 9.31. The van der Waals surface area contributed by atoms with E-state index in [2.05, 4.69) is 33.3 Å². The van der Waals surface area contributed by atoms with Crippen molar-refractivity contribution in [3.63, 3.8) is 0 Å². The smallest absolute Gasteiger partial charge is 0.0738 e. The molecule has 2 N–H and O–H groups in total. The molecular weight excluding hydrogens is 282 g/mol. The lowest BCUT2D eigenvalue weighted by atomic mass is 10.2. The molecule has 1 heterocycles. The first-order chi connectivity index (χ1) is 8.11. The predicted molar refractivity (Wildman–Crippen MR) is 71.0 cm³/mol. The maximum Gasteiger partial charge on any atom is 0.0738 e. The number of nitrogens with zero attached hydrogens (tertiary/aromatic N) is 2. The maximum atomic E-state index is 9.31. The van der Waals surface area contributed by atoms with Crippen molar-refractivity contribution in [3.05, 3.63) is 15.9 Å². The highest BCUT2D eigenvalue weighted by atomic mass is 79.9. The van der Waals surface area contributed by atoms with Gasteiger partial charge in [0.25, 0.3) is 0 Å². The Labute approximate surface area is 111 Å². The van der Waals surface area contributed by atoms with Gasteiger partial charge in [-0.1, -0.05) is 0 Å². The Morgan fingerprint density at radius 3 is 2.71 bits per heavy atom. The molecule has 0 amide bonds. The van der Waals surface area contributed by atoms with Crippen molar-refractivity contribution < 1.29 is 5.11 Å². The van der Waals surface area contributed by atoms with Gasteiger partial charge < -0.3 is 10.4 Å². The van der Waals surface area contributed by atoms with Crippen molar-refractivity contribution in [2.45, 2.75) is 51.7 Å². The molecule has 1 aromatic rings. The van der Waals surface area contributed by atoms with E-state index in [1.165, 1.54) is 12.8 Å². The third-order valence-corrected chi connectivity index (χ3v) is 4.40. The second-order valence-corrected chi connectivity index (χ2v) is 5.61. The van der Waals surface area contributed by atoms with Gasteiger partial charge in [-0.25, -0.2) is 0 Å². The van der Waals surface area contributed by atoms with Gasteiger partial charge in [-0.15, -0.1) is 0 Å². The zero-order valence-electron chi connectivity index (χ0n) is 10.4. The third-order valence-electron chi connectivity index (χ3n) is 3.25. The SMILES string of the molecule is Cc1nn(CCC(CO)NC2CC2)c(C)c1Br. The van der Waals surface area contributed by atoms with Gasteiger partial charge in [0.2, 0.25) is 0 Å². The Morgan fingerprint density at radius 2 is 2.24 bits per heavy atom. The molecule has 5 heteroatoms. The molecule has 0 radical (unpaired) electrons. The average molecular weight is 302 g/mol. The molecule has 0 saturated heterocycles. The number of halogens is 1. The second kappa shape index (κ2) is 5.50. The van der Waals surface area contributed by atoms with Gasteiger partial charge in [-0.05, 0) is 49.0 Å². The fraction of sp³-hybridized carbons (Fsp3) is 0.750. The Hall–Kier alpha value is -0.390. The van der Waals surface area contributed by atoms with Crippen molar-refractivity contribution >= 4 is 15.9 Å². The van der Waals surface area contributed by atoms with E-state index < -0.39 is 0 Å². The van der Waals surface area contributed by atoms with E-state index in [0.717, 1.165) is 28.8 Å². The molecule has 1 saturated carbocycles. The monoisotopic (exact) mass is 301 g/mol.